The fraction of sp³-hybridized carbons (Fsp3) is 0.550. The molecule has 0 radical (unpaired) electrons. The Kier molecular flexibility index (Phi) is 5.17. The van der Waals surface area contributed by atoms with Crippen LogP contribution in [0.2, 0.25) is 5.15 Å². The highest BCUT2D eigenvalue weighted by Crippen LogP contribution is 2.49. The van der Waals surface area contributed by atoms with Crippen LogP contribution >= 0.6 is 11.6 Å². The number of aryl methyl sites for hydroxylation is 2. The number of nitrogens with zero attached hydrogens (tertiary/aromatic N) is 3. The van der Waals surface area contributed by atoms with Crippen molar-refractivity contribution in [1.82, 2.24) is 14.1 Å². The van der Waals surface area contributed by atoms with Gasteiger partial charge in [-0.1, -0.05) is 23.7 Å². The average Bonchev–Trinajstić information content (AvgIpc) is 3.24. The number of fused-ring (bicyclic) bond motifs is 1. The summed E-state index contributed by atoms with van der Waals surface area (Å²) in [5.74, 6) is 0.581. The first kappa shape index (κ1) is 20.7. The number of ether oxygens (including phenoxy) is 1. The van der Waals surface area contributed by atoms with Crippen LogP contribution in [0, 0.1) is 18.8 Å². The maximum absolute atomic E-state index is 13.4. The van der Waals surface area contributed by atoms with E-state index in [-0.39, 0.29) is 28.4 Å². The zero-order valence-electron chi connectivity index (χ0n) is 16.8. The molecule has 1 aliphatic carbocycles. The summed E-state index contributed by atoms with van der Waals surface area (Å²) < 4.78 is 34.9. The van der Waals surface area contributed by atoms with Gasteiger partial charge in [0.1, 0.15) is 15.8 Å². The molecule has 1 saturated carbocycles. The molecular formula is C20H26ClN3O4S. The number of rotatable bonds is 4. The highest BCUT2D eigenvalue weighted by molar-refractivity contribution is 7.89. The summed E-state index contributed by atoms with van der Waals surface area (Å²) in [5, 5.41) is 15.9. The van der Waals surface area contributed by atoms with E-state index in [9.17, 15) is 13.5 Å². The van der Waals surface area contributed by atoms with Crippen LogP contribution in [0.5, 0.6) is 5.75 Å². The van der Waals surface area contributed by atoms with E-state index in [0.29, 0.717) is 24.4 Å². The zero-order valence-corrected chi connectivity index (χ0v) is 18.4. The van der Waals surface area contributed by atoms with Crippen LogP contribution in [0.1, 0.15) is 30.5 Å². The summed E-state index contributed by atoms with van der Waals surface area (Å²) in [6.45, 7) is 2.28. The third-order valence-corrected chi connectivity index (χ3v) is 8.95. The van der Waals surface area contributed by atoms with Crippen molar-refractivity contribution in [2.24, 2.45) is 18.9 Å². The normalized spacial score (nSPS) is 27.8. The van der Waals surface area contributed by atoms with Crippen LogP contribution in [-0.4, -0.2) is 47.8 Å². The van der Waals surface area contributed by atoms with Crippen LogP contribution in [0.25, 0.3) is 0 Å². The summed E-state index contributed by atoms with van der Waals surface area (Å²) in [4.78, 5) is 0.0604. The van der Waals surface area contributed by atoms with Gasteiger partial charge in [0.15, 0.2) is 0 Å². The van der Waals surface area contributed by atoms with E-state index in [4.69, 9.17) is 16.3 Å². The maximum Gasteiger partial charge on any atom is 0.248 e. The molecule has 0 spiro atoms. The average molecular weight is 440 g/mol. The Labute approximate surface area is 176 Å². The van der Waals surface area contributed by atoms with Crippen molar-refractivity contribution in [3.05, 3.63) is 40.7 Å². The molecule has 2 fully saturated rings. The molecule has 158 valence electrons. The molecule has 1 aliphatic heterocycles. The Morgan fingerprint density at radius 1 is 1.34 bits per heavy atom. The predicted octanol–water partition coefficient (Wildman–Crippen LogP) is 2.70. The number of aliphatic hydroxyl groups is 1. The summed E-state index contributed by atoms with van der Waals surface area (Å²) in [7, 11) is -0.582. The second-order valence-corrected chi connectivity index (χ2v) is 10.3. The lowest BCUT2D eigenvalue weighted by Gasteiger charge is -2.41. The van der Waals surface area contributed by atoms with Gasteiger partial charge in [-0.15, -0.1) is 0 Å². The van der Waals surface area contributed by atoms with Crippen LogP contribution in [-0.2, 0) is 22.7 Å². The van der Waals surface area contributed by atoms with E-state index in [1.54, 1.807) is 21.1 Å². The quantitative estimate of drug-likeness (QED) is 0.791. The Balaban J connectivity index is 1.69. The van der Waals surface area contributed by atoms with Crippen molar-refractivity contribution in [2.75, 3.05) is 20.2 Å². The van der Waals surface area contributed by atoms with Crippen LogP contribution < -0.4 is 4.74 Å². The SMILES string of the molecule is COc1cccc(C2(O)CCCC3CN(S(=O)(=O)c4c(C)nn(C)c4Cl)CC32)c1. The summed E-state index contributed by atoms with van der Waals surface area (Å²) in [6.07, 6.45) is 2.33. The predicted molar refractivity (Wildman–Crippen MR) is 109 cm³/mol. The third kappa shape index (κ3) is 3.26. The number of hydrogen-bond donors (Lipinski definition) is 1. The first-order chi connectivity index (χ1) is 13.7. The van der Waals surface area contributed by atoms with Gasteiger partial charge in [0.05, 0.1) is 18.4 Å². The molecule has 2 heterocycles. The van der Waals surface area contributed by atoms with E-state index in [1.807, 2.05) is 24.3 Å². The van der Waals surface area contributed by atoms with Crippen molar-refractivity contribution in [3.8, 4) is 5.75 Å². The lowest BCUT2D eigenvalue weighted by molar-refractivity contribution is -0.0641. The van der Waals surface area contributed by atoms with E-state index in [2.05, 4.69) is 5.10 Å². The summed E-state index contributed by atoms with van der Waals surface area (Å²) in [6, 6.07) is 7.44. The van der Waals surface area contributed by atoms with Crippen molar-refractivity contribution in [3.63, 3.8) is 0 Å². The van der Waals surface area contributed by atoms with E-state index in [0.717, 1.165) is 18.4 Å². The first-order valence-electron chi connectivity index (χ1n) is 9.74. The van der Waals surface area contributed by atoms with Gasteiger partial charge in [-0.05, 0) is 49.8 Å². The molecular weight excluding hydrogens is 414 g/mol. The fourth-order valence-corrected chi connectivity index (χ4v) is 7.19. The van der Waals surface area contributed by atoms with Gasteiger partial charge in [-0.2, -0.15) is 9.40 Å². The van der Waals surface area contributed by atoms with E-state index in [1.165, 1.54) is 8.99 Å². The molecule has 0 bridgehead atoms. The van der Waals surface area contributed by atoms with Crippen molar-refractivity contribution < 1.29 is 18.3 Å². The molecule has 7 nitrogen and oxygen atoms in total. The largest absolute Gasteiger partial charge is 0.497 e. The standard InChI is InChI=1S/C20H26ClN3O4S/c1-13-18(19(21)23(2)22-13)29(26,27)24-11-14-6-5-9-20(25,17(14)12-24)15-7-4-8-16(10-15)28-3/h4,7-8,10,14,17,25H,5-6,9,11-12H2,1-3H3. The van der Waals surface area contributed by atoms with Gasteiger partial charge in [-0.25, -0.2) is 8.42 Å². The molecule has 9 heteroatoms. The van der Waals surface area contributed by atoms with Crippen molar-refractivity contribution >= 4 is 21.6 Å². The van der Waals surface area contributed by atoms with E-state index < -0.39 is 15.6 Å². The van der Waals surface area contributed by atoms with Crippen molar-refractivity contribution in [1.29, 1.82) is 0 Å². The third-order valence-electron chi connectivity index (χ3n) is 6.42. The molecule has 1 aromatic carbocycles. The lowest BCUT2D eigenvalue weighted by atomic mass is 9.67. The molecule has 29 heavy (non-hydrogen) atoms. The minimum atomic E-state index is -3.80. The smallest absolute Gasteiger partial charge is 0.248 e. The van der Waals surface area contributed by atoms with Gasteiger partial charge in [0, 0.05) is 26.1 Å². The lowest BCUT2D eigenvalue weighted by Crippen LogP contribution is -2.43. The van der Waals surface area contributed by atoms with Gasteiger partial charge in [-0.3, -0.25) is 4.68 Å². The molecule has 1 aromatic heterocycles. The molecule has 2 aromatic rings. The molecule has 1 saturated heterocycles. The maximum atomic E-state index is 13.4. The highest BCUT2D eigenvalue weighted by atomic mass is 35.5. The minimum Gasteiger partial charge on any atom is -0.497 e. The molecule has 0 amide bonds. The Hall–Kier alpha value is -1.61. The molecule has 3 atom stereocenters. The Morgan fingerprint density at radius 2 is 2.10 bits per heavy atom. The topological polar surface area (TPSA) is 84.7 Å². The Morgan fingerprint density at radius 3 is 2.76 bits per heavy atom. The number of benzene rings is 1. The van der Waals surface area contributed by atoms with Gasteiger partial charge < -0.3 is 9.84 Å². The number of aromatic nitrogens is 2. The zero-order chi connectivity index (χ0) is 21.0. The highest BCUT2D eigenvalue weighted by Gasteiger charge is 2.52. The first-order valence-corrected chi connectivity index (χ1v) is 11.6. The van der Waals surface area contributed by atoms with Crippen LogP contribution in [0.3, 0.4) is 0 Å². The summed E-state index contributed by atoms with van der Waals surface area (Å²) >= 11 is 6.25. The monoisotopic (exact) mass is 439 g/mol. The second kappa shape index (κ2) is 7.27. The number of halogens is 1. The Bertz CT molecular complexity index is 1040. The van der Waals surface area contributed by atoms with Crippen LogP contribution in [0.4, 0.5) is 0 Å². The number of sulfonamides is 1. The van der Waals surface area contributed by atoms with Crippen molar-refractivity contribution in [2.45, 2.75) is 36.7 Å². The second-order valence-electron chi connectivity index (χ2n) is 8.07. The van der Waals surface area contributed by atoms with Gasteiger partial charge in [0.2, 0.25) is 10.0 Å². The van der Waals surface area contributed by atoms with E-state index >= 15 is 0 Å². The molecule has 2 aliphatic rings. The fourth-order valence-electron chi connectivity index (χ4n) is 4.96. The van der Waals surface area contributed by atoms with Gasteiger partial charge >= 0.3 is 0 Å². The molecule has 1 N–H and O–H groups in total. The van der Waals surface area contributed by atoms with Gasteiger partial charge in [0.25, 0.3) is 0 Å². The number of methoxy groups -OCH3 is 1. The summed E-state index contributed by atoms with van der Waals surface area (Å²) in [5.41, 5.74) is 0.0759. The number of hydrogen-bond acceptors (Lipinski definition) is 5. The minimum absolute atomic E-state index is 0.0604. The van der Waals surface area contributed by atoms with Crippen LogP contribution in [0.15, 0.2) is 29.2 Å². The molecule has 4 rings (SSSR count). The molecule has 3 unspecified atom stereocenters.